The van der Waals surface area contributed by atoms with Crippen molar-refractivity contribution < 1.29 is 4.79 Å². The highest BCUT2D eigenvalue weighted by Crippen LogP contribution is 2.26. The summed E-state index contributed by atoms with van der Waals surface area (Å²) in [5.74, 6) is 0. The Labute approximate surface area is 76.2 Å². The van der Waals surface area contributed by atoms with Crippen molar-refractivity contribution in [2.24, 2.45) is 5.11 Å². The molecule has 0 unspecified atom stereocenters. The van der Waals surface area contributed by atoms with Gasteiger partial charge in [0.05, 0.1) is 5.69 Å². The lowest BCUT2D eigenvalue weighted by Crippen LogP contribution is -1.83. The van der Waals surface area contributed by atoms with Gasteiger partial charge in [-0.15, -0.1) is 0 Å². The second-order valence-corrected chi connectivity index (χ2v) is 2.72. The number of azide groups is 1. The zero-order valence-electron chi connectivity index (χ0n) is 5.81. The van der Waals surface area contributed by atoms with E-state index in [2.05, 4.69) is 30.9 Å². The minimum absolute atomic E-state index is 0.266. The number of hydrogen-bond acceptors (Lipinski definition) is 3. The summed E-state index contributed by atoms with van der Waals surface area (Å²) in [6.45, 7) is 0. The van der Waals surface area contributed by atoms with Gasteiger partial charge in [-0.05, 0) is 21.5 Å². The Morgan fingerprint density at radius 3 is 3.00 bits per heavy atom. The number of nitrogens with zero attached hydrogens (tertiary/aromatic N) is 4. The van der Waals surface area contributed by atoms with Crippen LogP contribution in [0, 0.1) is 0 Å². The van der Waals surface area contributed by atoms with Crippen molar-refractivity contribution in [1.82, 2.24) is 4.98 Å². The van der Waals surface area contributed by atoms with E-state index in [1.165, 1.54) is 12.4 Å². The molecule has 5 nitrogen and oxygen atoms in total. The van der Waals surface area contributed by atoms with Crippen LogP contribution in [0.15, 0.2) is 22.0 Å². The van der Waals surface area contributed by atoms with Crippen LogP contribution in [0.5, 0.6) is 0 Å². The lowest BCUT2D eigenvalue weighted by Gasteiger charge is -1.97. The van der Waals surface area contributed by atoms with E-state index >= 15 is 0 Å². The lowest BCUT2D eigenvalue weighted by atomic mass is 10.3. The molecule has 0 bridgehead atoms. The third kappa shape index (κ3) is 1.61. The highest BCUT2D eigenvalue weighted by molar-refractivity contribution is 9.10. The molecular formula is C6H3BrN4O. The van der Waals surface area contributed by atoms with E-state index in [1.807, 2.05) is 0 Å². The maximum absolute atomic E-state index is 10.4. The fraction of sp³-hybridized carbons (Fsp3) is 0. The zero-order valence-corrected chi connectivity index (χ0v) is 7.39. The minimum Gasteiger partial charge on any atom is -0.298 e. The fourth-order valence-corrected chi connectivity index (χ4v) is 1.11. The molecule has 1 heterocycles. The summed E-state index contributed by atoms with van der Waals surface area (Å²) < 4.78 is 0.505. The summed E-state index contributed by atoms with van der Waals surface area (Å²) in [4.78, 5) is 16.7. The Balaban J connectivity index is 3.38. The summed E-state index contributed by atoms with van der Waals surface area (Å²) in [6.07, 6.45) is 3.38. The van der Waals surface area contributed by atoms with Crippen LogP contribution in [-0.4, -0.2) is 11.3 Å². The average Bonchev–Trinajstić information content (AvgIpc) is 2.09. The molecule has 0 N–H and O–H groups in total. The molecule has 6 heteroatoms. The number of halogens is 1. The van der Waals surface area contributed by atoms with Crippen molar-refractivity contribution in [3.63, 3.8) is 0 Å². The molecule has 0 saturated carbocycles. The topological polar surface area (TPSA) is 78.7 Å². The molecule has 12 heavy (non-hydrogen) atoms. The standard InChI is InChI=1S/C6H3BrN4O/c7-5-2-9-1-4(3-12)6(5)10-11-8/h1-3H. The quantitative estimate of drug-likeness (QED) is 0.336. The van der Waals surface area contributed by atoms with Gasteiger partial charge in [-0.25, -0.2) is 0 Å². The van der Waals surface area contributed by atoms with Gasteiger partial charge in [0.1, 0.15) is 0 Å². The van der Waals surface area contributed by atoms with Crippen LogP contribution < -0.4 is 0 Å². The van der Waals surface area contributed by atoms with E-state index in [4.69, 9.17) is 5.53 Å². The van der Waals surface area contributed by atoms with E-state index in [0.29, 0.717) is 10.8 Å². The SMILES string of the molecule is [N-]=[N+]=Nc1c(Br)cncc1C=O. The van der Waals surface area contributed by atoms with E-state index < -0.39 is 0 Å². The third-order valence-electron chi connectivity index (χ3n) is 1.17. The largest absolute Gasteiger partial charge is 0.298 e. The van der Waals surface area contributed by atoms with Crippen molar-refractivity contribution in [3.8, 4) is 0 Å². The highest BCUT2D eigenvalue weighted by atomic mass is 79.9. The van der Waals surface area contributed by atoms with Crippen LogP contribution in [-0.2, 0) is 0 Å². The maximum Gasteiger partial charge on any atom is 0.152 e. The molecular weight excluding hydrogens is 224 g/mol. The van der Waals surface area contributed by atoms with Gasteiger partial charge in [-0.3, -0.25) is 9.78 Å². The van der Waals surface area contributed by atoms with Crippen molar-refractivity contribution >= 4 is 27.9 Å². The first-order valence-electron chi connectivity index (χ1n) is 2.93. The molecule has 0 aliphatic rings. The highest BCUT2D eigenvalue weighted by Gasteiger charge is 2.03. The van der Waals surface area contributed by atoms with Gasteiger partial charge >= 0.3 is 0 Å². The van der Waals surface area contributed by atoms with E-state index in [9.17, 15) is 4.79 Å². The van der Waals surface area contributed by atoms with Crippen LogP contribution in [0.25, 0.3) is 10.4 Å². The fourth-order valence-electron chi connectivity index (χ4n) is 0.680. The average molecular weight is 227 g/mol. The molecule has 1 aromatic rings. The summed E-state index contributed by atoms with van der Waals surface area (Å²) >= 11 is 3.10. The van der Waals surface area contributed by atoms with E-state index in [1.54, 1.807) is 0 Å². The van der Waals surface area contributed by atoms with Crippen LogP contribution in [0.1, 0.15) is 10.4 Å². The number of carbonyl (C=O) groups excluding carboxylic acids is 1. The number of rotatable bonds is 2. The summed E-state index contributed by atoms with van der Waals surface area (Å²) in [7, 11) is 0. The molecule has 0 amide bonds. The number of aromatic nitrogens is 1. The Hall–Kier alpha value is -1.39. The number of hydrogen-bond donors (Lipinski definition) is 0. The van der Waals surface area contributed by atoms with Crippen molar-refractivity contribution in [2.45, 2.75) is 0 Å². The van der Waals surface area contributed by atoms with Crippen LogP contribution in [0.2, 0.25) is 0 Å². The molecule has 0 spiro atoms. The number of aldehydes is 1. The number of pyridine rings is 1. The molecule has 1 aromatic heterocycles. The first kappa shape index (κ1) is 8.70. The van der Waals surface area contributed by atoms with Gasteiger partial charge in [0.25, 0.3) is 0 Å². The van der Waals surface area contributed by atoms with Crippen LogP contribution in [0.3, 0.4) is 0 Å². The van der Waals surface area contributed by atoms with Crippen molar-refractivity contribution in [2.75, 3.05) is 0 Å². The zero-order chi connectivity index (χ0) is 8.97. The third-order valence-corrected chi connectivity index (χ3v) is 1.75. The lowest BCUT2D eigenvalue weighted by molar-refractivity contribution is 0.112. The summed E-state index contributed by atoms with van der Waals surface area (Å²) in [5, 5.41) is 3.34. The smallest absolute Gasteiger partial charge is 0.152 e. The first-order chi connectivity index (χ1) is 5.79. The summed E-state index contributed by atoms with van der Waals surface area (Å²) in [6, 6.07) is 0. The molecule has 0 aliphatic carbocycles. The molecule has 60 valence electrons. The van der Waals surface area contributed by atoms with Gasteiger partial charge in [-0.1, -0.05) is 5.11 Å². The van der Waals surface area contributed by atoms with Crippen LogP contribution in [0.4, 0.5) is 5.69 Å². The predicted molar refractivity (Wildman–Crippen MR) is 46.1 cm³/mol. The van der Waals surface area contributed by atoms with Gasteiger partial charge in [0.2, 0.25) is 0 Å². The first-order valence-corrected chi connectivity index (χ1v) is 3.72. The normalized spacial score (nSPS) is 8.75. The Morgan fingerprint density at radius 2 is 2.42 bits per heavy atom. The monoisotopic (exact) mass is 226 g/mol. The molecule has 1 rings (SSSR count). The van der Waals surface area contributed by atoms with Crippen LogP contribution >= 0.6 is 15.9 Å². The predicted octanol–water partition coefficient (Wildman–Crippen LogP) is 2.60. The van der Waals surface area contributed by atoms with Crippen molar-refractivity contribution in [1.29, 1.82) is 0 Å². The van der Waals surface area contributed by atoms with Crippen molar-refractivity contribution in [3.05, 3.63) is 32.9 Å². The molecule has 0 aromatic carbocycles. The second-order valence-electron chi connectivity index (χ2n) is 1.87. The molecule has 0 atom stereocenters. The molecule has 0 radical (unpaired) electrons. The maximum atomic E-state index is 10.4. The minimum atomic E-state index is 0.266. The second kappa shape index (κ2) is 3.85. The van der Waals surface area contributed by atoms with E-state index in [-0.39, 0.29) is 11.3 Å². The van der Waals surface area contributed by atoms with Gasteiger partial charge in [0.15, 0.2) is 6.29 Å². The Morgan fingerprint density at radius 1 is 1.67 bits per heavy atom. The Bertz CT molecular complexity index is 359. The van der Waals surface area contributed by atoms with E-state index in [0.717, 1.165) is 0 Å². The molecule has 0 fully saturated rings. The molecule has 0 saturated heterocycles. The molecule has 0 aliphatic heterocycles. The van der Waals surface area contributed by atoms with Gasteiger partial charge in [-0.2, -0.15) is 0 Å². The summed E-state index contributed by atoms with van der Waals surface area (Å²) in [5.41, 5.74) is 8.70. The van der Waals surface area contributed by atoms with Gasteiger partial charge in [0, 0.05) is 27.3 Å². The number of carbonyl (C=O) groups is 1. The Kier molecular flexibility index (Phi) is 2.79. The van der Waals surface area contributed by atoms with Gasteiger partial charge < -0.3 is 0 Å².